The number of hydrogen-bond donors (Lipinski definition) is 0. The van der Waals surface area contributed by atoms with Crippen LogP contribution in [0.15, 0.2) is 128 Å². The zero-order valence-corrected chi connectivity index (χ0v) is 17.2. The molecule has 0 spiro atoms. The van der Waals surface area contributed by atoms with Gasteiger partial charge in [-0.15, -0.1) is 0 Å². The molecule has 0 aromatic heterocycles. The number of benzene rings is 3. The van der Waals surface area contributed by atoms with Crippen LogP contribution in [0.4, 0.5) is 0 Å². The van der Waals surface area contributed by atoms with Crippen molar-refractivity contribution in [3.8, 4) is 0 Å². The van der Waals surface area contributed by atoms with Gasteiger partial charge in [0.2, 0.25) is 0 Å². The maximum Gasteiger partial charge on any atom is 0.0123 e. The quantitative estimate of drug-likeness (QED) is 0.427. The second-order valence-corrected chi connectivity index (χ2v) is 11.1. The summed E-state index contributed by atoms with van der Waals surface area (Å²) in [7, 11) is -1.22. The molecular weight excluding hydrogens is 364 g/mol. The van der Waals surface area contributed by atoms with Crippen LogP contribution in [0.3, 0.4) is 0 Å². The van der Waals surface area contributed by atoms with Crippen molar-refractivity contribution in [3.63, 3.8) is 0 Å². The Morgan fingerprint density at radius 2 is 1.26 bits per heavy atom. The number of allylic oxidation sites excluding steroid dienone is 3. The maximum atomic E-state index is 2.44. The van der Waals surface area contributed by atoms with Crippen molar-refractivity contribution in [1.82, 2.24) is 0 Å². The lowest BCUT2D eigenvalue weighted by Crippen LogP contribution is -2.04. The maximum absolute atomic E-state index is 2.44. The van der Waals surface area contributed by atoms with Gasteiger partial charge in [0, 0.05) is 9.79 Å². The monoisotopic (exact) mass is 388 g/mol. The molecule has 1 aliphatic carbocycles. The van der Waals surface area contributed by atoms with Crippen molar-refractivity contribution >= 4 is 21.8 Å². The third-order valence-electron chi connectivity index (χ3n) is 4.92. The Morgan fingerprint density at radius 3 is 1.89 bits per heavy atom. The highest BCUT2D eigenvalue weighted by atomic mass is 32.3. The molecule has 0 N–H and O–H groups in total. The van der Waals surface area contributed by atoms with Crippen LogP contribution in [0.1, 0.15) is 12.8 Å². The third-order valence-corrected chi connectivity index (χ3v) is 9.61. The van der Waals surface area contributed by atoms with Gasteiger partial charge in [0.05, 0.1) is 0 Å². The van der Waals surface area contributed by atoms with Gasteiger partial charge in [0.15, 0.2) is 0 Å². The minimum absolute atomic E-state index is 1.14. The standard InChI is InChI=1S/C25H24S2/c1-27(23-13-7-3-8-14-23,24-15-9-4-10-16-24)25-19-17-22(18-20-25)26-21-11-5-2-6-12-21/h2-3,5-9,11-20H,4,10H2,1H3. The van der Waals surface area contributed by atoms with Crippen LogP contribution in [-0.4, -0.2) is 6.26 Å². The van der Waals surface area contributed by atoms with Crippen LogP contribution in [0.25, 0.3) is 0 Å². The molecule has 0 amide bonds. The first-order valence-electron chi connectivity index (χ1n) is 9.30. The summed E-state index contributed by atoms with van der Waals surface area (Å²) in [6.07, 6.45) is 11.8. The molecule has 0 bridgehead atoms. The topological polar surface area (TPSA) is 0 Å². The summed E-state index contributed by atoms with van der Waals surface area (Å²) in [5.74, 6) is 0. The van der Waals surface area contributed by atoms with Crippen molar-refractivity contribution in [2.75, 3.05) is 6.26 Å². The molecule has 4 rings (SSSR count). The molecule has 136 valence electrons. The van der Waals surface area contributed by atoms with Gasteiger partial charge in [-0.3, -0.25) is 0 Å². The first-order chi connectivity index (χ1) is 13.3. The minimum Gasteiger partial charge on any atom is -0.164 e. The molecule has 1 aliphatic rings. The predicted octanol–water partition coefficient (Wildman–Crippen LogP) is 7.92. The van der Waals surface area contributed by atoms with E-state index in [1.165, 1.54) is 24.5 Å². The van der Waals surface area contributed by atoms with Crippen LogP contribution in [0.2, 0.25) is 0 Å². The van der Waals surface area contributed by atoms with Gasteiger partial charge in [-0.05, 0) is 82.3 Å². The summed E-state index contributed by atoms with van der Waals surface area (Å²) in [6.45, 7) is 0. The Bertz CT molecular complexity index is 941. The van der Waals surface area contributed by atoms with Gasteiger partial charge in [-0.1, -0.05) is 66.4 Å². The van der Waals surface area contributed by atoms with E-state index in [0.717, 1.165) is 12.8 Å². The molecule has 1 atom stereocenters. The summed E-state index contributed by atoms with van der Waals surface area (Å²) < 4.78 is 0. The Kier molecular flexibility index (Phi) is 5.56. The fourth-order valence-electron chi connectivity index (χ4n) is 3.40. The average molecular weight is 389 g/mol. The molecule has 1 unspecified atom stereocenters. The third kappa shape index (κ3) is 3.92. The largest absolute Gasteiger partial charge is 0.164 e. The van der Waals surface area contributed by atoms with E-state index in [0.29, 0.717) is 0 Å². The molecule has 0 saturated carbocycles. The Labute approximate surface area is 168 Å². The zero-order chi connectivity index (χ0) is 18.5. The average Bonchev–Trinajstić information content (AvgIpc) is 2.76. The summed E-state index contributed by atoms with van der Waals surface area (Å²) in [5.41, 5.74) is 0. The van der Waals surface area contributed by atoms with Gasteiger partial charge in [-0.25, -0.2) is 0 Å². The van der Waals surface area contributed by atoms with Crippen LogP contribution >= 0.6 is 21.8 Å². The van der Waals surface area contributed by atoms with Gasteiger partial charge in [0.1, 0.15) is 0 Å². The molecular formula is C25H24S2. The fourth-order valence-corrected chi connectivity index (χ4v) is 7.25. The van der Waals surface area contributed by atoms with Gasteiger partial charge < -0.3 is 0 Å². The second kappa shape index (κ2) is 8.24. The molecule has 0 heterocycles. The molecule has 3 aromatic rings. The first-order valence-corrected chi connectivity index (χ1v) is 12.2. The molecule has 0 aliphatic heterocycles. The van der Waals surface area contributed by atoms with Gasteiger partial charge in [-0.2, -0.15) is 10.0 Å². The molecule has 3 aromatic carbocycles. The van der Waals surface area contributed by atoms with Crippen molar-refractivity contribution in [2.24, 2.45) is 0 Å². The lowest BCUT2D eigenvalue weighted by atomic mass is 10.2. The molecule has 0 saturated heterocycles. The Hall–Kier alpha value is -2.16. The summed E-state index contributed by atoms with van der Waals surface area (Å²) in [5, 5.41) is 0. The normalized spacial score (nSPS) is 17.0. The van der Waals surface area contributed by atoms with E-state index < -0.39 is 10.0 Å². The van der Waals surface area contributed by atoms with E-state index in [1.54, 1.807) is 0 Å². The van der Waals surface area contributed by atoms with E-state index in [-0.39, 0.29) is 0 Å². The van der Waals surface area contributed by atoms with Gasteiger partial charge >= 0.3 is 0 Å². The smallest absolute Gasteiger partial charge is 0.0123 e. The molecule has 0 fully saturated rings. The van der Waals surface area contributed by atoms with E-state index in [9.17, 15) is 0 Å². The van der Waals surface area contributed by atoms with E-state index in [1.807, 2.05) is 11.8 Å². The highest BCUT2D eigenvalue weighted by Crippen LogP contribution is 2.66. The minimum atomic E-state index is -1.22. The molecule has 0 nitrogen and oxygen atoms in total. The van der Waals surface area contributed by atoms with Crippen LogP contribution in [-0.2, 0) is 0 Å². The summed E-state index contributed by atoms with van der Waals surface area (Å²) in [6, 6.07) is 30.8. The second-order valence-electron chi connectivity index (χ2n) is 6.70. The van der Waals surface area contributed by atoms with Gasteiger partial charge in [0.25, 0.3) is 0 Å². The van der Waals surface area contributed by atoms with Crippen molar-refractivity contribution in [2.45, 2.75) is 32.4 Å². The Balaban J connectivity index is 1.70. The summed E-state index contributed by atoms with van der Waals surface area (Å²) in [4.78, 5) is 6.88. The van der Waals surface area contributed by atoms with Crippen LogP contribution in [0.5, 0.6) is 0 Å². The summed E-state index contributed by atoms with van der Waals surface area (Å²) >= 11 is 1.82. The molecule has 2 heteroatoms. The van der Waals surface area contributed by atoms with Crippen molar-refractivity contribution < 1.29 is 0 Å². The fraction of sp³-hybridized carbons (Fsp3) is 0.120. The molecule has 27 heavy (non-hydrogen) atoms. The SMILES string of the molecule is CS(C1=CCCC=C1)(c1ccccc1)c1ccc(Sc2ccccc2)cc1. The highest BCUT2D eigenvalue weighted by Gasteiger charge is 2.27. The lowest BCUT2D eigenvalue weighted by Gasteiger charge is -2.39. The number of hydrogen-bond acceptors (Lipinski definition) is 1. The lowest BCUT2D eigenvalue weighted by molar-refractivity contribution is 1.03. The van der Waals surface area contributed by atoms with E-state index in [4.69, 9.17) is 0 Å². The van der Waals surface area contributed by atoms with Crippen molar-refractivity contribution in [1.29, 1.82) is 0 Å². The van der Waals surface area contributed by atoms with E-state index >= 15 is 0 Å². The first kappa shape index (κ1) is 18.2. The predicted molar refractivity (Wildman–Crippen MR) is 120 cm³/mol. The number of rotatable bonds is 5. The van der Waals surface area contributed by atoms with Crippen LogP contribution in [0, 0.1) is 0 Å². The van der Waals surface area contributed by atoms with E-state index in [2.05, 4.69) is 109 Å². The van der Waals surface area contributed by atoms with Crippen LogP contribution < -0.4 is 0 Å². The Morgan fingerprint density at radius 1 is 0.667 bits per heavy atom. The van der Waals surface area contributed by atoms with Crippen molar-refractivity contribution in [3.05, 3.63) is 108 Å². The zero-order valence-electron chi connectivity index (χ0n) is 15.5. The molecule has 0 radical (unpaired) electrons. The highest BCUT2D eigenvalue weighted by molar-refractivity contribution is 8.36.